The molecule has 0 spiro atoms. The van der Waals surface area contributed by atoms with Gasteiger partial charge in [0.1, 0.15) is 19.8 Å². The topological polar surface area (TPSA) is 253 Å². The van der Waals surface area contributed by atoms with Gasteiger partial charge >= 0.3 is 23.9 Å². The number of aliphatic hydroxyl groups excluding tert-OH is 1. The first-order valence-corrected chi connectivity index (χ1v) is 9.36. The number of rotatable bonds is 12. The van der Waals surface area contributed by atoms with Gasteiger partial charge in [0.15, 0.2) is 0 Å². The van der Waals surface area contributed by atoms with Crippen molar-refractivity contribution in [2.45, 2.75) is 0 Å². The molecule has 0 aromatic carbocycles. The van der Waals surface area contributed by atoms with Crippen LogP contribution >= 0.6 is 0 Å². The van der Waals surface area contributed by atoms with Gasteiger partial charge in [-0.2, -0.15) is 15.0 Å². The molecule has 0 bridgehead atoms. The normalized spacial score (nSPS) is 10.3. The van der Waals surface area contributed by atoms with Crippen LogP contribution in [0.25, 0.3) is 0 Å². The van der Waals surface area contributed by atoms with E-state index in [4.69, 9.17) is 36.5 Å². The molecule has 0 aliphatic carbocycles. The number of aliphatic hydroxyl groups is 1. The van der Waals surface area contributed by atoms with Crippen LogP contribution in [0.5, 0.6) is 0 Å². The standard InChI is InChI=1S/C17H20O9.C3H6N6/c1-4-13(19)24-9-17(8-18,10-25-14(20)5-2)11-26-15(21)7-6-12(3)16(22)23;4-1-7-2(5)9-3(6)8-1/h4-7,18H,1-3,8-11H2,(H,22,23);(H6,4,5,6,7,8,9). The number of carbonyl (C=O) groups excluding carboxylic acids is 3. The lowest BCUT2D eigenvalue weighted by molar-refractivity contribution is -0.159. The third kappa shape index (κ3) is 12.7. The maximum absolute atomic E-state index is 11.6. The molecule has 0 radical (unpaired) electrons. The molecular formula is C20H26N6O9. The van der Waals surface area contributed by atoms with Crippen molar-refractivity contribution >= 4 is 41.7 Å². The molecule has 35 heavy (non-hydrogen) atoms. The molecule has 0 saturated heterocycles. The average Bonchev–Trinajstić information content (AvgIpc) is 2.81. The van der Waals surface area contributed by atoms with Crippen molar-refractivity contribution in [2.24, 2.45) is 5.41 Å². The van der Waals surface area contributed by atoms with Crippen molar-refractivity contribution in [1.82, 2.24) is 15.0 Å². The number of aromatic nitrogens is 3. The Morgan fingerprint density at radius 3 is 1.49 bits per heavy atom. The van der Waals surface area contributed by atoms with Crippen LogP contribution in [0.3, 0.4) is 0 Å². The Hall–Kier alpha value is -4.79. The summed E-state index contributed by atoms with van der Waals surface area (Å²) in [6, 6.07) is 0. The zero-order valence-corrected chi connectivity index (χ0v) is 18.6. The Balaban J connectivity index is 0.00000106. The summed E-state index contributed by atoms with van der Waals surface area (Å²) in [6.07, 6.45) is 3.54. The molecule has 0 aliphatic rings. The number of carboxylic acid groups (broad SMARTS) is 1. The van der Waals surface area contributed by atoms with Crippen LogP contribution in [0.2, 0.25) is 0 Å². The molecule has 1 aromatic heterocycles. The van der Waals surface area contributed by atoms with Crippen LogP contribution in [-0.4, -0.2) is 75.5 Å². The van der Waals surface area contributed by atoms with Gasteiger partial charge in [0.25, 0.3) is 0 Å². The molecule has 0 aliphatic heterocycles. The summed E-state index contributed by atoms with van der Waals surface area (Å²) in [6.45, 7) is 7.63. The van der Waals surface area contributed by atoms with Crippen molar-refractivity contribution in [1.29, 1.82) is 0 Å². The predicted octanol–water partition coefficient (Wildman–Crippen LogP) is -1.22. The highest BCUT2D eigenvalue weighted by Crippen LogP contribution is 2.19. The monoisotopic (exact) mass is 494 g/mol. The Labute approximate surface area is 199 Å². The third-order valence-electron chi connectivity index (χ3n) is 3.61. The Bertz CT molecular complexity index is 919. The lowest BCUT2D eigenvalue weighted by Crippen LogP contribution is -2.42. The van der Waals surface area contributed by atoms with Gasteiger partial charge in [-0.3, -0.25) is 0 Å². The third-order valence-corrected chi connectivity index (χ3v) is 3.61. The van der Waals surface area contributed by atoms with Crippen LogP contribution in [0.15, 0.2) is 49.6 Å². The second-order valence-corrected chi connectivity index (χ2v) is 6.46. The predicted molar refractivity (Wildman–Crippen MR) is 122 cm³/mol. The van der Waals surface area contributed by atoms with Crippen LogP contribution in [0.4, 0.5) is 17.8 Å². The van der Waals surface area contributed by atoms with Gasteiger partial charge in [-0.25, -0.2) is 19.2 Å². The molecule has 1 heterocycles. The summed E-state index contributed by atoms with van der Waals surface area (Å²) in [7, 11) is 0. The highest BCUT2D eigenvalue weighted by molar-refractivity contribution is 5.92. The van der Waals surface area contributed by atoms with E-state index in [1.807, 2.05) is 0 Å². The van der Waals surface area contributed by atoms with E-state index < -0.39 is 55.7 Å². The van der Waals surface area contributed by atoms with Crippen LogP contribution in [-0.2, 0) is 33.4 Å². The van der Waals surface area contributed by atoms with Crippen molar-refractivity contribution in [3.63, 3.8) is 0 Å². The van der Waals surface area contributed by atoms with E-state index >= 15 is 0 Å². The minimum Gasteiger partial charge on any atom is -0.478 e. The van der Waals surface area contributed by atoms with Gasteiger partial charge in [-0.1, -0.05) is 19.7 Å². The lowest BCUT2D eigenvalue weighted by Gasteiger charge is -2.29. The summed E-state index contributed by atoms with van der Waals surface area (Å²) in [5, 5.41) is 18.2. The highest BCUT2D eigenvalue weighted by Gasteiger charge is 2.35. The molecule has 0 unspecified atom stereocenters. The minimum absolute atomic E-state index is 0.0417. The van der Waals surface area contributed by atoms with Crippen molar-refractivity contribution < 1.29 is 43.6 Å². The van der Waals surface area contributed by atoms with Gasteiger partial charge in [-0.05, 0) is 6.08 Å². The quantitative estimate of drug-likeness (QED) is 0.0987. The lowest BCUT2D eigenvalue weighted by atomic mass is 9.92. The van der Waals surface area contributed by atoms with Crippen molar-refractivity contribution in [2.75, 3.05) is 43.6 Å². The summed E-state index contributed by atoms with van der Waals surface area (Å²) >= 11 is 0. The molecule has 15 heteroatoms. The zero-order valence-electron chi connectivity index (χ0n) is 18.6. The van der Waals surface area contributed by atoms with E-state index in [1.165, 1.54) is 0 Å². The van der Waals surface area contributed by atoms with Gasteiger partial charge in [0.05, 0.1) is 17.6 Å². The molecular weight excluding hydrogens is 468 g/mol. The number of esters is 3. The number of nitrogen functional groups attached to an aromatic ring is 3. The summed E-state index contributed by atoms with van der Waals surface area (Å²) in [4.78, 5) is 55.1. The number of nitrogens with zero attached hydrogens (tertiary/aromatic N) is 3. The number of nitrogens with two attached hydrogens (primary N) is 3. The summed E-state index contributed by atoms with van der Waals surface area (Å²) in [5.41, 5.74) is 13.6. The summed E-state index contributed by atoms with van der Waals surface area (Å²) in [5.74, 6) is -3.70. The number of carbonyl (C=O) groups is 4. The fourth-order valence-electron chi connectivity index (χ4n) is 1.77. The van der Waals surface area contributed by atoms with E-state index in [2.05, 4.69) is 34.7 Å². The Morgan fingerprint density at radius 2 is 1.17 bits per heavy atom. The van der Waals surface area contributed by atoms with Gasteiger partial charge < -0.3 is 41.6 Å². The van der Waals surface area contributed by atoms with Gasteiger partial charge in [0, 0.05) is 18.2 Å². The number of ether oxygens (including phenoxy) is 3. The number of anilines is 3. The molecule has 1 aromatic rings. The molecule has 15 nitrogen and oxygen atoms in total. The van der Waals surface area contributed by atoms with Crippen LogP contribution in [0.1, 0.15) is 0 Å². The summed E-state index contributed by atoms with van der Waals surface area (Å²) < 4.78 is 14.6. The van der Waals surface area contributed by atoms with Crippen LogP contribution in [0, 0.1) is 5.41 Å². The number of aliphatic carboxylic acids is 1. The molecule has 0 atom stereocenters. The first kappa shape index (κ1) is 30.2. The van der Waals surface area contributed by atoms with E-state index in [-0.39, 0.29) is 23.4 Å². The number of hydrogen-bond acceptors (Lipinski definition) is 14. The van der Waals surface area contributed by atoms with Gasteiger partial charge in [-0.15, -0.1) is 0 Å². The number of carboxylic acids is 1. The molecule has 0 amide bonds. The Morgan fingerprint density at radius 1 is 0.800 bits per heavy atom. The minimum atomic E-state index is -1.43. The Kier molecular flexibility index (Phi) is 13.1. The highest BCUT2D eigenvalue weighted by atomic mass is 16.6. The zero-order chi connectivity index (χ0) is 27.0. The molecule has 1 rings (SSSR count). The largest absolute Gasteiger partial charge is 0.478 e. The number of hydrogen-bond donors (Lipinski definition) is 5. The molecule has 0 saturated carbocycles. The van der Waals surface area contributed by atoms with E-state index in [9.17, 15) is 24.3 Å². The van der Waals surface area contributed by atoms with E-state index in [0.717, 1.165) is 24.3 Å². The van der Waals surface area contributed by atoms with Crippen molar-refractivity contribution in [3.8, 4) is 0 Å². The first-order valence-electron chi connectivity index (χ1n) is 9.36. The maximum atomic E-state index is 11.6. The smallest absolute Gasteiger partial charge is 0.335 e. The molecule has 8 N–H and O–H groups in total. The second kappa shape index (κ2) is 15.1. The first-order chi connectivity index (χ1) is 16.4. The van der Waals surface area contributed by atoms with Crippen molar-refractivity contribution in [3.05, 3.63) is 49.6 Å². The van der Waals surface area contributed by atoms with Crippen LogP contribution < -0.4 is 17.2 Å². The second-order valence-electron chi connectivity index (χ2n) is 6.46. The molecule has 190 valence electrons. The van der Waals surface area contributed by atoms with E-state index in [1.54, 1.807) is 0 Å². The fourth-order valence-corrected chi connectivity index (χ4v) is 1.77. The maximum Gasteiger partial charge on any atom is 0.335 e. The fraction of sp³-hybridized carbons (Fsp3) is 0.250. The van der Waals surface area contributed by atoms with E-state index in [0.29, 0.717) is 0 Å². The van der Waals surface area contributed by atoms with Gasteiger partial charge in [0.2, 0.25) is 17.8 Å². The molecule has 0 fully saturated rings. The SMILES string of the molecule is C=CC(=O)OCC(CO)(COC(=O)C=C)COC(=O)C=CC(=C)C(=O)O.Nc1nc(N)nc(N)n1. The average molecular weight is 494 g/mol.